The molecule has 0 radical (unpaired) electrons. The Balaban J connectivity index is 1.89. The average molecular weight is 517 g/mol. The maximum atomic E-state index is 12.7. The quantitative estimate of drug-likeness (QED) is 0.209. The lowest BCUT2D eigenvalue weighted by Gasteiger charge is -2.12. The lowest BCUT2D eigenvalue weighted by Crippen LogP contribution is -1.96. The van der Waals surface area contributed by atoms with E-state index in [1.165, 1.54) is 19.3 Å². The van der Waals surface area contributed by atoms with Crippen LogP contribution in [0.2, 0.25) is 0 Å². The van der Waals surface area contributed by atoms with Crippen LogP contribution < -0.4 is 28.4 Å². The number of ether oxygens (including phenoxy) is 6. The summed E-state index contributed by atoms with van der Waals surface area (Å²) in [5.41, 5.74) is 3.29. The van der Waals surface area contributed by atoms with E-state index in [2.05, 4.69) is 0 Å². The Hall–Kier alpha value is -4.65. The van der Waals surface area contributed by atoms with Crippen LogP contribution in [0.4, 0.5) is 0 Å². The Morgan fingerprint density at radius 2 is 1.16 bits per heavy atom. The lowest BCUT2D eigenvalue weighted by molar-refractivity contribution is -0.110. The van der Waals surface area contributed by atoms with E-state index in [-0.39, 0.29) is 5.78 Å². The fourth-order valence-electron chi connectivity index (χ4n) is 3.72. The molecule has 38 heavy (non-hydrogen) atoms. The average Bonchev–Trinajstić information content (AvgIpc) is 2.97. The van der Waals surface area contributed by atoms with Gasteiger partial charge in [-0.3, -0.25) is 4.79 Å². The highest BCUT2D eigenvalue weighted by Gasteiger charge is 2.12. The molecule has 0 fully saturated rings. The third-order valence-electron chi connectivity index (χ3n) is 5.72. The SMILES string of the molecule is COc1ccc(/C=C/c2cc(OC)cc(OC)c2/C=C/C(=O)/C=C/c2cc(OC)c(OC)c(OC)c2)cc1. The van der Waals surface area contributed by atoms with E-state index in [0.717, 1.165) is 28.0 Å². The summed E-state index contributed by atoms with van der Waals surface area (Å²) >= 11 is 0. The number of benzene rings is 3. The molecule has 0 aliphatic rings. The molecule has 0 saturated carbocycles. The number of carbonyl (C=O) groups excluding carboxylic acids is 1. The van der Waals surface area contributed by atoms with Crippen LogP contribution >= 0.6 is 0 Å². The fourth-order valence-corrected chi connectivity index (χ4v) is 3.72. The minimum atomic E-state index is -0.207. The molecule has 198 valence electrons. The monoisotopic (exact) mass is 516 g/mol. The molecule has 0 unspecified atom stereocenters. The van der Waals surface area contributed by atoms with Gasteiger partial charge in [-0.1, -0.05) is 30.4 Å². The Kier molecular flexibility index (Phi) is 10.00. The van der Waals surface area contributed by atoms with Gasteiger partial charge in [0.15, 0.2) is 17.3 Å². The maximum absolute atomic E-state index is 12.7. The third kappa shape index (κ3) is 6.97. The van der Waals surface area contributed by atoms with Crippen molar-refractivity contribution in [3.8, 4) is 34.5 Å². The topological polar surface area (TPSA) is 72.5 Å². The highest BCUT2D eigenvalue weighted by Crippen LogP contribution is 2.38. The molecule has 0 aliphatic heterocycles. The predicted octanol–water partition coefficient (Wildman–Crippen LogP) is 6.20. The number of allylic oxidation sites excluding steroid dienone is 2. The summed E-state index contributed by atoms with van der Waals surface area (Å²) in [6.07, 6.45) is 10.3. The van der Waals surface area contributed by atoms with E-state index in [4.69, 9.17) is 28.4 Å². The second kappa shape index (κ2) is 13.6. The number of rotatable bonds is 12. The molecular weight excluding hydrogens is 484 g/mol. The Morgan fingerprint density at radius 3 is 1.71 bits per heavy atom. The standard InChI is InChI=1S/C31H32O7/c1-33-25-14-9-21(10-15-25)7-11-23-19-26(34-2)20-28(35-3)27(23)16-13-24(32)12-8-22-17-29(36-4)31(38-6)30(18-22)37-5/h7-20H,1-6H3/b11-7+,12-8+,16-13+. The van der Waals surface area contributed by atoms with E-state index in [0.29, 0.717) is 28.7 Å². The zero-order valence-electron chi connectivity index (χ0n) is 22.4. The summed E-state index contributed by atoms with van der Waals surface area (Å²) < 4.78 is 32.4. The summed E-state index contributed by atoms with van der Waals surface area (Å²) in [6, 6.07) is 14.9. The first kappa shape index (κ1) is 27.9. The molecule has 3 aromatic carbocycles. The first-order valence-electron chi connectivity index (χ1n) is 11.7. The van der Waals surface area contributed by atoms with Crippen molar-refractivity contribution in [2.24, 2.45) is 0 Å². The molecule has 7 heteroatoms. The molecule has 0 atom stereocenters. The van der Waals surface area contributed by atoms with Crippen LogP contribution in [-0.4, -0.2) is 48.4 Å². The molecule has 7 nitrogen and oxygen atoms in total. The smallest absolute Gasteiger partial charge is 0.203 e. The van der Waals surface area contributed by atoms with Crippen molar-refractivity contribution in [3.05, 3.63) is 82.9 Å². The Bertz CT molecular complexity index is 1310. The van der Waals surface area contributed by atoms with Gasteiger partial charge in [-0.05, 0) is 65.3 Å². The third-order valence-corrected chi connectivity index (χ3v) is 5.72. The first-order chi connectivity index (χ1) is 18.5. The van der Waals surface area contributed by atoms with Crippen LogP contribution in [-0.2, 0) is 4.79 Å². The van der Waals surface area contributed by atoms with E-state index < -0.39 is 0 Å². The summed E-state index contributed by atoms with van der Waals surface area (Å²) in [5, 5.41) is 0. The van der Waals surface area contributed by atoms with Crippen molar-refractivity contribution in [2.75, 3.05) is 42.7 Å². The van der Waals surface area contributed by atoms with Crippen molar-refractivity contribution < 1.29 is 33.2 Å². The van der Waals surface area contributed by atoms with Crippen molar-refractivity contribution in [3.63, 3.8) is 0 Å². The normalized spacial score (nSPS) is 11.2. The highest BCUT2D eigenvalue weighted by molar-refractivity contribution is 6.05. The molecule has 0 heterocycles. The van der Waals surface area contributed by atoms with Gasteiger partial charge in [-0.15, -0.1) is 0 Å². The Labute approximate surface area is 223 Å². The highest BCUT2D eigenvalue weighted by atomic mass is 16.5. The molecule has 0 aromatic heterocycles. The zero-order valence-corrected chi connectivity index (χ0v) is 22.4. The van der Waals surface area contributed by atoms with Crippen LogP contribution in [0.25, 0.3) is 24.3 Å². The summed E-state index contributed by atoms with van der Waals surface area (Å²) in [5.74, 6) is 3.30. The number of methoxy groups -OCH3 is 6. The van der Waals surface area contributed by atoms with Crippen LogP contribution in [0.1, 0.15) is 22.3 Å². The molecule has 3 aromatic rings. The molecule has 0 aliphatic carbocycles. The first-order valence-corrected chi connectivity index (χ1v) is 11.7. The predicted molar refractivity (Wildman–Crippen MR) is 151 cm³/mol. The minimum absolute atomic E-state index is 0.207. The summed E-state index contributed by atoms with van der Waals surface area (Å²) in [6.45, 7) is 0. The van der Waals surface area contributed by atoms with Crippen molar-refractivity contribution in [1.82, 2.24) is 0 Å². The number of ketones is 1. The fraction of sp³-hybridized carbons (Fsp3) is 0.194. The molecule has 0 bridgehead atoms. The second-order valence-electron chi connectivity index (χ2n) is 7.97. The van der Waals surface area contributed by atoms with Gasteiger partial charge in [0.2, 0.25) is 5.75 Å². The molecule has 0 saturated heterocycles. The zero-order chi connectivity index (χ0) is 27.5. The van der Waals surface area contributed by atoms with Gasteiger partial charge in [0.1, 0.15) is 17.2 Å². The van der Waals surface area contributed by atoms with E-state index in [9.17, 15) is 4.79 Å². The minimum Gasteiger partial charge on any atom is -0.497 e. The van der Waals surface area contributed by atoms with E-state index in [1.807, 2.05) is 42.5 Å². The van der Waals surface area contributed by atoms with Crippen LogP contribution in [0, 0.1) is 0 Å². The van der Waals surface area contributed by atoms with Gasteiger partial charge in [-0.25, -0.2) is 0 Å². The van der Waals surface area contributed by atoms with Gasteiger partial charge in [0.05, 0.1) is 42.7 Å². The van der Waals surface area contributed by atoms with Gasteiger partial charge in [0.25, 0.3) is 0 Å². The molecule has 3 rings (SSSR count). The van der Waals surface area contributed by atoms with Crippen LogP contribution in [0.15, 0.2) is 60.7 Å². The van der Waals surface area contributed by atoms with Crippen LogP contribution in [0.5, 0.6) is 34.5 Å². The van der Waals surface area contributed by atoms with Crippen LogP contribution in [0.3, 0.4) is 0 Å². The van der Waals surface area contributed by atoms with Gasteiger partial charge in [0, 0.05) is 11.6 Å². The second-order valence-corrected chi connectivity index (χ2v) is 7.97. The summed E-state index contributed by atoms with van der Waals surface area (Å²) in [7, 11) is 9.43. The number of hydrogen-bond acceptors (Lipinski definition) is 7. The van der Waals surface area contributed by atoms with Crippen molar-refractivity contribution in [2.45, 2.75) is 0 Å². The molecule has 0 amide bonds. The largest absolute Gasteiger partial charge is 0.497 e. The van der Waals surface area contributed by atoms with E-state index >= 15 is 0 Å². The molecular formula is C31H32O7. The van der Waals surface area contributed by atoms with Gasteiger partial charge >= 0.3 is 0 Å². The Morgan fingerprint density at radius 1 is 0.553 bits per heavy atom. The lowest BCUT2D eigenvalue weighted by atomic mass is 10.0. The maximum Gasteiger partial charge on any atom is 0.203 e. The van der Waals surface area contributed by atoms with Gasteiger partial charge in [-0.2, -0.15) is 0 Å². The van der Waals surface area contributed by atoms with Gasteiger partial charge < -0.3 is 28.4 Å². The van der Waals surface area contributed by atoms with Crippen molar-refractivity contribution in [1.29, 1.82) is 0 Å². The molecule has 0 spiro atoms. The molecule has 0 N–H and O–H groups in total. The number of carbonyl (C=O) groups is 1. The van der Waals surface area contributed by atoms with E-state index in [1.54, 1.807) is 65.9 Å². The summed E-state index contributed by atoms with van der Waals surface area (Å²) in [4.78, 5) is 12.7. The number of hydrogen-bond donors (Lipinski definition) is 0. The van der Waals surface area contributed by atoms with Crippen molar-refractivity contribution >= 4 is 30.1 Å².